The summed E-state index contributed by atoms with van der Waals surface area (Å²) >= 11 is 3.23. The molecule has 0 saturated carbocycles. The monoisotopic (exact) mass is 339 g/mol. The number of esters is 1. The Morgan fingerprint density at radius 2 is 2.00 bits per heavy atom. The quantitative estimate of drug-likeness (QED) is 0.683. The van der Waals surface area contributed by atoms with E-state index in [1.807, 2.05) is 0 Å². The molecule has 0 radical (unpaired) electrons. The third-order valence-corrected chi connectivity index (χ3v) is 3.04. The lowest BCUT2D eigenvalue weighted by Crippen LogP contribution is -2.05. The Morgan fingerprint density at radius 3 is 2.70 bits per heavy atom. The lowest BCUT2D eigenvalue weighted by atomic mass is 10.1. The van der Waals surface area contributed by atoms with Gasteiger partial charge in [-0.3, -0.25) is 0 Å². The summed E-state index contributed by atoms with van der Waals surface area (Å²) < 4.78 is 24.3. The van der Waals surface area contributed by atoms with E-state index in [-0.39, 0.29) is 22.7 Å². The Morgan fingerprint density at radius 1 is 1.25 bits per heavy atom. The van der Waals surface area contributed by atoms with E-state index in [1.165, 1.54) is 31.4 Å². The molecule has 0 bridgehead atoms. The number of nitrogen functional groups attached to an aromatic ring is 1. The summed E-state index contributed by atoms with van der Waals surface area (Å²) in [6.45, 7) is 0. The molecule has 0 saturated heterocycles. The Hall–Kier alpha value is -2.08. The number of hydrogen-bond donors (Lipinski definition) is 1. The van der Waals surface area contributed by atoms with Gasteiger partial charge in [0, 0.05) is 10.2 Å². The van der Waals surface area contributed by atoms with Crippen molar-refractivity contribution in [2.24, 2.45) is 0 Å². The van der Waals surface area contributed by atoms with E-state index < -0.39 is 11.8 Å². The number of anilines is 1. The molecule has 2 aromatic rings. The van der Waals surface area contributed by atoms with Crippen LogP contribution in [0.2, 0.25) is 0 Å². The highest BCUT2D eigenvalue weighted by molar-refractivity contribution is 9.10. The first-order valence-corrected chi connectivity index (χ1v) is 6.41. The third-order valence-electron chi connectivity index (χ3n) is 2.55. The smallest absolute Gasteiger partial charge is 0.340 e. The third kappa shape index (κ3) is 3.08. The summed E-state index contributed by atoms with van der Waals surface area (Å²) in [4.78, 5) is 11.5. The second-order valence-corrected chi connectivity index (χ2v) is 4.83. The molecule has 6 heteroatoms. The van der Waals surface area contributed by atoms with Crippen molar-refractivity contribution in [3.05, 3.63) is 52.3 Å². The van der Waals surface area contributed by atoms with Gasteiger partial charge in [-0.2, -0.15) is 0 Å². The van der Waals surface area contributed by atoms with Gasteiger partial charge in [-0.25, -0.2) is 9.18 Å². The number of carbonyl (C=O) groups is 1. The largest absolute Gasteiger partial charge is 0.465 e. The molecule has 104 valence electrons. The topological polar surface area (TPSA) is 61.5 Å². The van der Waals surface area contributed by atoms with E-state index in [2.05, 4.69) is 20.7 Å². The average Bonchev–Trinajstić information content (AvgIpc) is 2.44. The molecule has 2 N–H and O–H groups in total. The molecule has 0 amide bonds. The summed E-state index contributed by atoms with van der Waals surface area (Å²) in [5.41, 5.74) is 6.11. The van der Waals surface area contributed by atoms with Crippen LogP contribution < -0.4 is 10.5 Å². The van der Waals surface area contributed by atoms with Crippen molar-refractivity contribution in [3.8, 4) is 11.5 Å². The van der Waals surface area contributed by atoms with Crippen LogP contribution in [0.25, 0.3) is 0 Å². The van der Waals surface area contributed by atoms with Crippen LogP contribution in [0.15, 0.2) is 40.9 Å². The Labute approximate surface area is 123 Å². The van der Waals surface area contributed by atoms with Gasteiger partial charge in [-0.15, -0.1) is 0 Å². The number of ether oxygens (including phenoxy) is 2. The fourth-order valence-electron chi connectivity index (χ4n) is 1.57. The first kappa shape index (κ1) is 14.3. The second kappa shape index (κ2) is 5.92. The van der Waals surface area contributed by atoms with Crippen molar-refractivity contribution in [3.63, 3.8) is 0 Å². The second-order valence-electron chi connectivity index (χ2n) is 3.92. The van der Waals surface area contributed by atoms with Crippen LogP contribution in [0.4, 0.5) is 10.1 Å². The normalized spacial score (nSPS) is 10.2. The van der Waals surface area contributed by atoms with E-state index in [0.29, 0.717) is 4.47 Å². The maximum absolute atomic E-state index is 13.6. The predicted molar refractivity (Wildman–Crippen MR) is 76.4 cm³/mol. The van der Waals surface area contributed by atoms with Crippen LogP contribution in [0, 0.1) is 5.82 Å². The van der Waals surface area contributed by atoms with Gasteiger partial charge >= 0.3 is 5.97 Å². The number of hydrogen-bond acceptors (Lipinski definition) is 4. The van der Waals surface area contributed by atoms with Crippen LogP contribution in [-0.2, 0) is 4.74 Å². The van der Waals surface area contributed by atoms with Gasteiger partial charge in [0.05, 0.1) is 12.7 Å². The molecule has 0 aliphatic rings. The Bertz CT molecular complexity index is 661. The van der Waals surface area contributed by atoms with Crippen molar-refractivity contribution in [2.45, 2.75) is 0 Å². The van der Waals surface area contributed by atoms with Crippen LogP contribution in [0.1, 0.15) is 10.4 Å². The Kier molecular flexibility index (Phi) is 4.24. The molecule has 2 rings (SSSR count). The van der Waals surface area contributed by atoms with Gasteiger partial charge in [0.15, 0.2) is 11.6 Å². The maximum atomic E-state index is 13.6. The van der Waals surface area contributed by atoms with Crippen molar-refractivity contribution in [1.29, 1.82) is 0 Å². The van der Waals surface area contributed by atoms with E-state index in [9.17, 15) is 9.18 Å². The molecule has 4 nitrogen and oxygen atoms in total. The summed E-state index contributed by atoms with van der Waals surface area (Å²) in [7, 11) is 1.25. The van der Waals surface area contributed by atoms with E-state index in [0.717, 1.165) is 0 Å². The molecule has 0 fully saturated rings. The number of carbonyl (C=O) groups excluding carboxylic acids is 1. The van der Waals surface area contributed by atoms with Gasteiger partial charge in [0.1, 0.15) is 5.75 Å². The number of methoxy groups -OCH3 is 1. The van der Waals surface area contributed by atoms with Crippen molar-refractivity contribution >= 4 is 27.6 Å². The lowest BCUT2D eigenvalue weighted by Gasteiger charge is -2.10. The lowest BCUT2D eigenvalue weighted by molar-refractivity contribution is 0.0601. The molecule has 0 unspecified atom stereocenters. The highest BCUT2D eigenvalue weighted by Crippen LogP contribution is 2.29. The van der Waals surface area contributed by atoms with Crippen LogP contribution in [-0.4, -0.2) is 13.1 Å². The average molecular weight is 340 g/mol. The SMILES string of the molecule is COC(=O)c1cc(Oc2cc(Br)ccc2F)ccc1N. The Balaban J connectivity index is 2.34. The molecular formula is C14H11BrFNO3. The molecule has 0 aromatic heterocycles. The van der Waals surface area contributed by atoms with Crippen LogP contribution in [0.5, 0.6) is 11.5 Å². The first-order chi connectivity index (χ1) is 9.51. The number of benzene rings is 2. The minimum absolute atomic E-state index is 0.0416. The predicted octanol–water partition coefficient (Wildman–Crippen LogP) is 3.75. The van der Waals surface area contributed by atoms with E-state index >= 15 is 0 Å². The molecule has 0 heterocycles. The summed E-state index contributed by atoms with van der Waals surface area (Å²) in [6.07, 6.45) is 0. The zero-order valence-electron chi connectivity index (χ0n) is 10.5. The zero-order valence-corrected chi connectivity index (χ0v) is 12.1. The van der Waals surface area contributed by atoms with E-state index in [4.69, 9.17) is 10.5 Å². The van der Waals surface area contributed by atoms with Gasteiger partial charge in [0.25, 0.3) is 0 Å². The fraction of sp³-hybridized carbons (Fsp3) is 0.0714. The van der Waals surface area contributed by atoms with Crippen LogP contribution >= 0.6 is 15.9 Å². The standard InChI is InChI=1S/C14H11BrFNO3/c1-19-14(18)10-7-9(3-5-12(10)17)20-13-6-8(15)2-4-11(13)16/h2-7H,17H2,1H3. The molecule has 0 aliphatic heterocycles. The summed E-state index contributed by atoms with van der Waals surface area (Å²) in [5, 5.41) is 0. The highest BCUT2D eigenvalue weighted by atomic mass is 79.9. The van der Waals surface area contributed by atoms with Gasteiger partial charge in [-0.1, -0.05) is 15.9 Å². The minimum Gasteiger partial charge on any atom is -0.465 e. The van der Waals surface area contributed by atoms with Gasteiger partial charge < -0.3 is 15.2 Å². The molecule has 20 heavy (non-hydrogen) atoms. The van der Waals surface area contributed by atoms with Crippen LogP contribution in [0.3, 0.4) is 0 Å². The highest BCUT2D eigenvalue weighted by Gasteiger charge is 2.13. The molecule has 2 aromatic carbocycles. The van der Waals surface area contributed by atoms with Gasteiger partial charge in [0.2, 0.25) is 0 Å². The number of nitrogens with two attached hydrogens (primary N) is 1. The number of rotatable bonds is 3. The maximum Gasteiger partial charge on any atom is 0.340 e. The fourth-order valence-corrected chi connectivity index (χ4v) is 1.91. The molecule has 0 aliphatic carbocycles. The molecule has 0 atom stereocenters. The van der Waals surface area contributed by atoms with Gasteiger partial charge in [-0.05, 0) is 36.4 Å². The first-order valence-electron chi connectivity index (χ1n) is 5.62. The van der Waals surface area contributed by atoms with Crippen molar-refractivity contribution in [1.82, 2.24) is 0 Å². The van der Waals surface area contributed by atoms with Crippen molar-refractivity contribution < 1.29 is 18.7 Å². The summed E-state index contributed by atoms with van der Waals surface area (Å²) in [6, 6.07) is 8.77. The summed E-state index contributed by atoms with van der Waals surface area (Å²) in [5.74, 6) is -0.760. The number of halogens is 2. The zero-order chi connectivity index (χ0) is 14.7. The minimum atomic E-state index is -0.581. The molecule has 0 spiro atoms. The van der Waals surface area contributed by atoms with E-state index in [1.54, 1.807) is 12.1 Å². The molecular weight excluding hydrogens is 329 g/mol. The van der Waals surface area contributed by atoms with Crippen molar-refractivity contribution in [2.75, 3.05) is 12.8 Å².